The molecule has 0 atom stereocenters. The van der Waals surface area contributed by atoms with Gasteiger partial charge in [0.05, 0.1) is 29.0 Å². The molecular formula is C19H20ClNO5S. The van der Waals surface area contributed by atoms with E-state index in [0.717, 1.165) is 11.8 Å². The molecule has 0 fully saturated rings. The Bertz CT molecular complexity index is 928. The lowest BCUT2D eigenvalue weighted by molar-refractivity contribution is -0.140. The minimum atomic E-state index is -3.49. The summed E-state index contributed by atoms with van der Waals surface area (Å²) in [7, 11) is -2.22. The SMILES string of the molecule is COC(=O)CCN(Cc1ccccc1)C(=O)c1cc(S(C)(=O)=O)ccc1Cl. The zero-order valence-electron chi connectivity index (χ0n) is 15.0. The molecule has 6 nitrogen and oxygen atoms in total. The standard InChI is InChI=1S/C19H20ClNO5S/c1-26-18(22)10-11-21(13-14-6-4-3-5-7-14)19(23)16-12-15(27(2,24)25)8-9-17(16)20/h3-9,12H,10-11,13H2,1-2H3. The van der Waals surface area contributed by atoms with Crippen molar-refractivity contribution in [1.29, 1.82) is 0 Å². The van der Waals surface area contributed by atoms with Crippen molar-refractivity contribution < 1.29 is 22.7 Å². The van der Waals surface area contributed by atoms with Crippen LogP contribution >= 0.6 is 11.6 Å². The number of benzene rings is 2. The number of nitrogens with zero attached hydrogens (tertiary/aromatic N) is 1. The van der Waals surface area contributed by atoms with Crippen molar-refractivity contribution in [2.75, 3.05) is 19.9 Å². The summed E-state index contributed by atoms with van der Waals surface area (Å²) in [5.41, 5.74) is 0.937. The molecule has 0 saturated carbocycles. The molecule has 0 heterocycles. The summed E-state index contributed by atoms with van der Waals surface area (Å²) in [6.45, 7) is 0.357. The summed E-state index contributed by atoms with van der Waals surface area (Å²) in [4.78, 5) is 26.0. The van der Waals surface area contributed by atoms with Crippen LogP contribution in [0.25, 0.3) is 0 Å². The molecule has 2 rings (SSSR count). The molecular weight excluding hydrogens is 390 g/mol. The van der Waals surface area contributed by atoms with Crippen LogP contribution < -0.4 is 0 Å². The molecule has 0 radical (unpaired) electrons. The van der Waals surface area contributed by atoms with Crippen LogP contribution in [0.2, 0.25) is 5.02 Å². The number of esters is 1. The molecule has 27 heavy (non-hydrogen) atoms. The van der Waals surface area contributed by atoms with Gasteiger partial charge in [0.25, 0.3) is 5.91 Å². The first-order chi connectivity index (χ1) is 12.7. The maximum absolute atomic E-state index is 13.0. The number of carbonyl (C=O) groups excluding carboxylic acids is 2. The second-order valence-electron chi connectivity index (χ2n) is 5.95. The Balaban J connectivity index is 2.36. The van der Waals surface area contributed by atoms with Gasteiger partial charge < -0.3 is 9.64 Å². The van der Waals surface area contributed by atoms with Gasteiger partial charge in [0.2, 0.25) is 0 Å². The van der Waals surface area contributed by atoms with Crippen LogP contribution in [0.5, 0.6) is 0 Å². The lowest BCUT2D eigenvalue weighted by Gasteiger charge is -2.23. The first kappa shape index (κ1) is 20.9. The summed E-state index contributed by atoms with van der Waals surface area (Å²) in [5.74, 6) is -0.907. The lowest BCUT2D eigenvalue weighted by atomic mass is 10.1. The summed E-state index contributed by atoms with van der Waals surface area (Å²) < 4.78 is 28.3. The Morgan fingerprint density at radius 2 is 1.78 bits per heavy atom. The molecule has 0 N–H and O–H groups in total. The van der Waals surface area contributed by atoms with Crippen molar-refractivity contribution in [3.63, 3.8) is 0 Å². The largest absolute Gasteiger partial charge is 0.469 e. The first-order valence-corrected chi connectivity index (χ1v) is 10.4. The van der Waals surface area contributed by atoms with Crippen molar-refractivity contribution in [1.82, 2.24) is 4.90 Å². The molecule has 0 spiro atoms. The van der Waals surface area contributed by atoms with E-state index >= 15 is 0 Å². The predicted molar refractivity (Wildman–Crippen MR) is 102 cm³/mol. The van der Waals surface area contributed by atoms with Gasteiger partial charge in [-0.3, -0.25) is 9.59 Å². The predicted octanol–water partition coefficient (Wildman–Crippen LogP) is 2.95. The van der Waals surface area contributed by atoms with Crippen LogP contribution in [0.3, 0.4) is 0 Å². The number of hydrogen-bond donors (Lipinski definition) is 0. The highest BCUT2D eigenvalue weighted by Gasteiger charge is 2.22. The normalized spacial score (nSPS) is 11.1. The molecule has 2 aromatic carbocycles. The fraction of sp³-hybridized carbons (Fsp3) is 0.263. The highest BCUT2D eigenvalue weighted by Crippen LogP contribution is 2.23. The minimum absolute atomic E-state index is 0.00267. The van der Waals surface area contributed by atoms with Crippen LogP contribution in [0.4, 0.5) is 0 Å². The van der Waals surface area contributed by atoms with Crippen LogP contribution in [0.15, 0.2) is 53.4 Å². The van der Waals surface area contributed by atoms with Gasteiger partial charge in [-0.2, -0.15) is 0 Å². The molecule has 144 valence electrons. The molecule has 0 aliphatic carbocycles. The third kappa shape index (κ3) is 5.80. The Labute approximate surface area is 163 Å². The van der Waals surface area contributed by atoms with Crippen molar-refractivity contribution in [2.24, 2.45) is 0 Å². The third-order valence-corrected chi connectivity index (χ3v) is 5.35. The fourth-order valence-electron chi connectivity index (χ4n) is 2.45. The van der Waals surface area contributed by atoms with E-state index in [1.807, 2.05) is 30.3 Å². The molecule has 0 aromatic heterocycles. The molecule has 0 unspecified atom stereocenters. The van der Waals surface area contributed by atoms with Gasteiger partial charge in [0.15, 0.2) is 9.84 Å². The summed E-state index contributed by atoms with van der Waals surface area (Å²) in [6, 6.07) is 13.2. The minimum Gasteiger partial charge on any atom is -0.469 e. The van der Waals surface area contributed by atoms with Gasteiger partial charge in [0, 0.05) is 19.3 Å². The average molecular weight is 410 g/mol. The van der Waals surface area contributed by atoms with Crippen LogP contribution in [0.1, 0.15) is 22.3 Å². The molecule has 1 amide bonds. The van der Waals surface area contributed by atoms with Crippen molar-refractivity contribution in [3.05, 3.63) is 64.7 Å². The second kappa shape index (κ2) is 9.01. The van der Waals surface area contributed by atoms with Gasteiger partial charge >= 0.3 is 5.97 Å². The summed E-state index contributed by atoms with van der Waals surface area (Å²) in [5, 5.41) is 0.142. The van der Waals surface area contributed by atoms with Gasteiger partial charge in [-0.05, 0) is 23.8 Å². The van der Waals surface area contributed by atoms with Crippen LogP contribution in [-0.4, -0.2) is 45.1 Å². The molecule has 0 aliphatic rings. The Morgan fingerprint density at radius 3 is 2.37 bits per heavy atom. The number of sulfone groups is 1. The third-order valence-electron chi connectivity index (χ3n) is 3.91. The van der Waals surface area contributed by atoms with E-state index in [4.69, 9.17) is 11.6 Å². The summed E-state index contributed by atoms with van der Waals surface area (Å²) >= 11 is 6.14. The van der Waals surface area contributed by atoms with Gasteiger partial charge in [-0.1, -0.05) is 41.9 Å². The monoisotopic (exact) mass is 409 g/mol. The Hall–Kier alpha value is -2.38. The molecule has 2 aromatic rings. The summed E-state index contributed by atoms with van der Waals surface area (Å²) in [6.07, 6.45) is 1.07. The van der Waals surface area contributed by atoms with Crippen molar-refractivity contribution in [2.45, 2.75) is 17.9 Å². The highest BCUT2D eigenvalue weighted by atomic mass is 35.5. The Kier molecular flexibility index (Phi) is 6.98. The van der Waals surface area contributed by atoms with Crippen LogP contribution in [0, 0.1) is 0 Å². The number of halogens is 1. The number of hydrogen-bond acceptors (Lipinski definition) is 5. The van der Waals surface area contributed by atoms with E-state index in [-0.39, 0.29) is 35.0 Å². The van der Waals surface area contributed by atoms with Gasteiger partial charge in [-0.15, -0.1) is 0 Å². The number of ether oxygens (including phenoxy) is 1. The first-order valence-electron chi connectivity index (χ1n) is 8.12. The number of amides is 1. The zero-order valence-corrected chi connectivity index (χ0v) is 16.6. The number of carbonyl (C=O) groups is 2. The molecule has 0 aliphatic heterocycles. The smallest absolute Gasteiger partial charge is 0.307 e. The van der Waals surface area contributed by atoms with E-state index < -0.39 is 21.7 Å². The van der Waals surface area contributed by atoms with E-state index in [1.54, 1.807) is 0 Å². The van der Waals surface area contributed by atoms with Crippen molar-refractivity contribution in [3.8, 4) is 0 Å². The molecule has 0 saturated heterocycles. The van der Waals surface area contributed by atoms with Gasteiger partial charge in [-0.25, -0.2) is 8.42 Å². The lowest BCUT2D eigenvalue weighted by Crippen LogP contribution is -2.33. The van der Waals surface area contributed by atoms with Gasteiger partial charge in [0.1, 0.15) is 0 Å². The Morgan fingerprint density at radius 1 is 1.11 bits per heavy atom. The van der Waals surface area contributed by atoms with Crippen molar-refractivity contribution >= 4 is 33.3 Å². The second-order valence-corrected chi connectivity index (χ2v) is 8.38. The number of rotatable bonds is 7. The average Bonchev–Trinajstić information content (AvgIpc) is 2.64. The van der Waals surface area contributed by atoms with E-state index in [2.05, 4.69) is 4.74 Å². The maximum Gasteiger partial charge on any atom is 0.307 e. The quantitative estimate of drug-likeness (QED) is 0.657. The van der Waals surface area contributed by atoms with E-state index in [0.29, 0.717) is 0 Å². The number of methoxy groups -OCH3 is 1. The highest BCUT2D eigenvalue weighted by molar-refractivity contribution is 7.90. The van der Waals surface area contributed by atoms with Crippen LogP contribution in [-0.2, 0) is 25.9 Å². The molecule has 8 heteroatoms. The topological polar surface area (TPSA) is 80.8 Å². The fourth-order valence-corrected chi connectivity index (χ4v) is 3.30. The van der Waals surface area contributed by atoms with E-state index in [1.165, 1.54) is 30.2 Å². The molecule has 0 bridgehead atoms. The zero-order chi connectivity index (χ0) is 20.0. The maximum atomic E-state index is 13.0. The van der Waals surface area contributed by atoms with E-state index in [9.17, 15) is 18.0 Å².